The second kappa shape index (κ2) is 8.31. The third kappa shape index (κ3) is 4.94. The van der Waals surface area contributed by atoms with E-state index in [1.54, 1.807) is 0 Å². The SMILES string of the molecule is COC(=O)C1CC[NH+](CC(=O)N[C@@H](C)c2ccccc2Cl)CC1. The molecule has 1 saturated heterocycles. The summed E-state index contributed by atoms with van der Waals surface area (Å²) in [6.45, 7) is 3.97. The van der Waals surface area contributed by atoms with Gasteiger partial charge < -0.3 is 15.0 Å². The zero-order valence-electron chi connectivity index (χ0n) is 13.6. The quantitative estimate of drug-likeness (QED) is 0.786. The Labute approximate surface area is 141 Å². The Bertz CT molecular complexity index is 557. The van der Waals surface area contributed by atoms with Gasteiger partial charge in [-0.3, -0.25) is 9.59 Å². The molecule has 0 saturated carbocycles. The highest BCUT2D eigenvalue weighted by Crippen LogP contribution is 2.21. The lowest BCUT2D eigenvalue weighted by Gasteiger charge is -2.27. The molecule has 1 atom stereocenters. The van der Waals surface area contributed by atoms with Crippen molar-refractivity contribution in [3.8, 4) is 0 Å². The number of halogens is 1. The summed E-state index contributed by atoms with van der Waals surface area (Å²) in [5.74, 6) is -0.154. The predicted molar refractivity (Wildman–Crippen MR) is 88.3 cm³/mol. The van der Waals surface area contributed by atoms with Crippen LogP contribution in [0.15, 0.2) is 24.3 Å². The Hall–Kier alpha value is -1.59. The Morgan fingerprint density at radius 3 is 2.61 bits per heavy atom. The number of carbonyl (C=O) groups excluding carboxylic acids is 2. The normalized spacial score (nSPS) is 22.2. The number of benzene rings is 1. The maximum Gasteiger partial charge on any atom is 0.309 e. The lowest BCUT2D eigenvalue weighted by molar-refractivity contribution is -0.897. The summed E-state index contributed by atoms with van der Waals surface area (Å²) in [5.41, 5.74) is 0.918. The first-order valence-electron chi connectivity index (χ1n) is 7.96. The molecule has 2 rings (SSSR count). The fourth-order valence-corrected chi connectivity index (χ4v) is 3.33. The van der Waals surface area contributed by atoms with Crippen LogP contribution in [0.1, 0.15) is 31.4 Å². The highest BCUT2D eigenvalue weighted by atomic mass is 35.5. The monoisotopic (exact) mass is 339 g/mol. The van der Waals surface area contributed by atoms with Crippen LogP contribution in [0.3, 0.4) is 0 Å². The molecule has 23 heavy (non-hydrogen) atoms. The van der Waals surface area contributed by atoms with Crippen LogP contribution in [0.25, 0.3) is 0 Å². The molecule has 1 aliphatic rings. The summed E-state index contributed by atoms with van der Waals surface area (Å²) in [7, 11) is 1.42. The topological polar surface area (TPSA) is 59.8 Å². The number of piperidine rings is 1. The highest BCUT2D eigenvalue weighted by Gasteiger charge is 2.29. The molecule has 0 aliphatic carbocycles. The first-order chi connectivity index (χ1) is 11.0. The van der Waals surface area contributed by atoms with Gasteiger partial charge in [-0.05, 0) is 18.6 Å². The molecule has 1 amide bonds. The number of esters is 1. The van der Waals surface area contributed by atoms with Crippen LogP contribution in [0.4, 0.5) is 0 Å². The number of likely N-dealkylation sites (tertiary alicyclic amines) is 1. The summed E-state index contributed by atoms with van der Waals surface area (Å²) < 4.78 is 4.78. The summed E-state index contributed by atoms with van der Waals surface area (Å²) in [5, 5.41) is 3.65. The molecular weight excluding hydrogens is 316 g/mol. The van der Waals surface area contributed by atoms with Crippen molar-refractivity contribution in [1.29, 1.82) is 0 Å². The van der Waals surface area contributed by atoms with Gasteiger partial charge in [-0.25, -0.2) is 0 Å². The van der Waals surface area contributed by atoms with Crippen molar-refractivity contribution < 1.29 is 19.2 Å². The molecule has 126 valence electrons. The molecule has 0 aromatic heterocycles. The minimum Gasteiger partial charge on any atom is -0.469 e. The first-order valence-corrected chi connectivity index (χ1v) is 8.34. The number of ether oxygens (including phenoxy) is 1. The van der Waals surface area contributed by atoms with E-state index in [9.17, 15) is 9.59 Å². The molecule has 1 aromatic carbocycles. The Morgan fingerprint density at radius 2 is 2.00 bits per heavy atom. The van der Waals surface area contributed by atoms with Crippen LogP contribution in [0, 0.1) is 5.92 Å². The standard InChI is InChI=1S/C17H23ClN2O3/c1-12(14-5-3-4-6-15(14)18)19-16(21)11-20-9-7-13(8-10-20)17(22)23-2/h3-6,12-13H,7-11H2,1-2H3,(H,19,21)/p+1/t12-/m0/s1. The maximum atomic E-state index is 12.2. The lowest BCUT2D eigenvalue weighted by Crippen LogP contribution is -3.14. The van der Waals surface area contributed by atoms with Gasteiger partial charge in [0.2, 0.25) is 0 Å². The van der Waals surface area contributed by atoms with Gasteiger partial charge in [0.05, 0.1) is 32.2 Å². The van der Waals surface area contributed by atoms with E-state index < -0.39 is 0 Å². The van der Waals surface area contributed by atoms with Gasteiger partial charge in [0.1, 0.15) is 0 Å². The van der Waals surface area contributed by atoms with Crippen LogP contribution in [-0.2, 0) is 14.3 Å². The first kappa shape index (κ1) is 17.8. The number of rotatable bonds is 5. The molecular formula is C17H24ClN2O3+. The van der Waals surface area contributed by atoms with E-state index in [4.69, 9.17) is 16.3 Å². The summed E-state index contributed by atoms with van der Waals surface area (Å²) in [6.07, 6.45) is 1.55. The number of hydrogen-bond donors (Lipinski definition) is 2. The van der Waals surface area contributed by atoms with Gasteiger partial charge in [0.15, 0.2) is 6.54 Å². The van der Waals surface area contributed by atoms with Crippen molar-refractivity contribution in [1.82, 2.24) is 5.32 Å². The number of methoxy groups -OCH3 is 1. The van der Waals surface area contributed by atoms with Crippen LogP contribution in [0.2, 0.25) is 5.02 Å². The molecule has 0 radical (unpaired) electrons. The van der Waals surface area contributed by atoms with E-state index in [2.05, 4.69) is 5.32 Å². The minimum absolute atomic E-state index is 0.00365. The van der Waals surface area contributed by atoms with Gasteiger partial charge in [0, 0.05) is 17.9 Å². The molecule has 1 aliphatic heterocycles. The fraction of sp³-hybridized carbons (Fsp3) is 0.529. The average Bonchev–Trinajstić information content (AvgIpc) is 2.55. The van der Waals surface area contributed by atoms with E-state index in [0.29, 0.717) is 11.6 Å². The zero-order valence-corrected chi connectivity index (χ0v) is 14.4. The number of carbonyl (C=O) groups is 2. The van der Waals surface area contributed by atoms with Gasteiger partial charge in [-0.2, -0.15) is 0 Å². The molecule has 2 N–H and O–H groups in total. The second-order valence-corrected chi connectivity index (χ2v) is 6.44. The van der Waals surface area contributed by atoms with E-state index in [1.807, 2.05) is 31.2 Å². The van der Waals surface area contributed by atoms with Crippen molar-refractivity contribution in [3.05, 3.63) is 34.9 Å². The van der Waals surface area contributed by atoms with E-state index in [1.165, 1.54) is 12.0 Å². The molecule has 5 nitrogen and oxygen atoms in total. The van der Waals surface area contributed by atoms with Gasteiger partial charge in [0.25, 0.3) is 5.91 Å². The third-order valence-electron chi connectivity index (χ3n) is 4.39. The smallest absolute Gasteiger partial charge is 0.309 e. The fourth-order valence-electron chi connectivity index (χ4n) is 3.03. The summed E-state index contributed by atoms with van der Waals surface area (Å²) in [4.78, 5) is 24.9. The molecule has 1 fully saturated rings. The molecule has 1 heterocycles. The van der Waals surface area contributed by atoms with E-state index in [-0.39, 0.29) is 23.8 Å². The minimum atomic E-state index is -0.138. The Kier molecular flexibility index (Phi) is 6.42. The second-order valence-electron chi connectivity index (χ2n) is 6.03. The van der Waals surface area contributed by atoms with Crippen molar-refractivity contribution in [2.24, 2.45) is 5.92 Å². The number of nitrogens with one attached hydrogen (secondary N) is 2. The molecule has 0 unspecified atom stereocenters. The molecule has 1 aromatic rings. The zero-order chi connectivity index (χ0) is 16.8. The maximum absolute atomic E-state index is 12.2. The van der Waals surface area contributed by atoms with E-state index >= 15 is 0 Å². The Balaban J connectivity index is 1.80. The Morgan fingerprint density at radius 1 is 1.35 bits per heavy atom. The van der Waals surface area contributed by atoms with Crippen LogP contribution < -0.4 is 10.2 Å². The van der Waals surface area contributed by atoms with Gasteiger partial charge in [-0.15, -0.1) is 0 Å². The highest BCUT2D eigenvalue weighted by molar-refractivity contribution is 6.31. The third-order valence-corrected chi connectivity index (χ3v) is 4.73. The largest absolute Gasteiger partial charge is 0.469 e. The van der Waals surface area contributed by atoms with Gasteiger partial charge in [-0.1, -0.05) is 29.8 Å². The van der Waals surface area contributed by atoms with Crippen molar-refractivity contribution >= 4 is 23.5 Å². The number of amides is 1. The molecule has 6 heteroatoms. The number of hydrogen-bond acceptors (Lipinski definition) is 3. The lowest BCUT2D eigenvalue weighted by atomic mass is 9.97. The van der Waals surface area contributed by atoms with Crippen LogP contribution >= 0.6 is 11.6 Å². The predicted octanol–water partition coefficient (Wildman–Crippen LogP) is 0.985. The summed E-state index contributed by atoms with van der Waals surface area (Å²) in [6, 6.07) is 7.40. The molecule has 0 bridgehead atoms. The van der Waals surface area contributed by atoms with Gasteiger partial charge >= 0.3 is 5.97 Å². The van der Waals surface area contributed by atoms with Crippen molar-refractivity contribution in [3.63, 3.8) is 0 Å². The molecule has 0 spiro atoms. The van der Waals surface area contributed by atoms with Crippen molar-refractivity contribution in [2.45, 2.75) is 25.8 Å². The number of quaternary nitrogens is 1. The van der Waals surface area contributed by atoms with E-state index in [0.717, 1.165) is 31.5 Å². The summed E-state index contributed by atoms with van der Waals surface area (Å²) >= 11 is 6.15. The van der Waals surface area contributed by atoms with Crippen LogP contribution in [0.5, 0.6) is 0 Å². The average molecular weight is 340 g/mol. The van der Waals surface area contributed by atoms with Crippen molar-refractivity contribution in [2.75, 3.05) is 26.7 Å². The van der Waals surface area contributed by atoms with Crippen LogP contribution in [-0.4, -0.2) is 38.6 Å².